The lowest BCUT2D eigenvalue weighted by molar-refractivity contribution is -0.123. The van der Waals surface area contributed by atoms with Gasteiger partial charge in [0.05, 0.1) is 5.92 Å². The van der Waals surface area contributed by atoms with Crippen LogP contribution in [0.15, 0.2) is 34.7 Å². The van der Waals surface area contributed by atoms with Crippen molar-refractivity contribution in [1.82, 2.24) is 10.2 Å². The Balaban J connectivity index is 1.70. The zero-order chi connectivity index (χ0) is 17.3. The highest BCUT2D eigenvalue weighted by atomic mass is 16.4. The van der Waals surface area contributed by atoms with Crippen molar-refractivity contribution in [3.8, 4) is 0 Å². The second kappa shape index (κ2) is 6.07. The first kappa shape index (κ1) is 16.2. The highest BCUT2D eigenvalue weighted by Crippen LogP contribution is 2.31. The summed E-state index contributed by atoms with van der Waals surface area (Å²) >= 11 is 0. The monoisotopic (exact) mass is 328 g/mol. The Labute approximate surface area is 140 Å². The molecule has 1 N–H and O–H groups in total. The lowest BCUT2D eigenvalue weighted by atomic mass is 9.96. The topological polar surface area (TPSA) is 88.3 Å². The van der Waals surface area contributed by atoms with Crippen LogP contribution >= 0.6 is 0 Å². The average molecular weight is 328 g/mol. The molecule has 0 radical (unpaired) electrons. The van der Waals surface area contributed by atoms with Crippen molar-refractivity contribution in [2.24, 2.45) is 5.41 Å². The van der Waals surface area contributed by atoms with Crippen LogP contribution in [0.5, 0.6) is 0 Å². The summed E-state index contributed by atoms with van der Waals surface area (Å²) in [6.45, 7) is 5.88. The standard InChI is InChI=1S/C17H20N4O3/c1-17(2,3)15(23)18-16-20-19-14(24-16)11-9-13(22)21(10-11)12-7-5-4-6-8-12/h4-8,11H,9-10H2,1-3H3,(H,18,20,23)/t11-/m1/s1. The van der Waals surface area contributed by atoms with Crippen LogP contribution in [-0.4, -0.2) is 28.6 Å². The number of hydrogen-bond donors (Lipinski definition) is 1. The van der Waals surface area contributed by atoms with Gasteiger partial charge in [0.1, 0.15) is 0 Å². The molecule has 0 aliphatic carbocycles. The summed E-state index contributed by atoms with van der Waals surface area (Å²) in [5.74, 6) is 0.00673. The molecule has 1 saturated heterocycles. The van der Waals surface area contributed by atoms with Crippen LogP contribution in [-0.2, 0) is 9.59 Å². The molecular formula is C17H20N4O3. The number of aromatic nitrogens is 2. The Morgan fingerprint density at radius 2 is 1.96 bits per heavy atom. The molecule has 2 aromatic rings. The first-order valence-corrected chi connectivity index (χ1v) is 7.85. The third kappa shape index (κ3) is 3.29. The van der Waals surface area contributed by atoms with Crippen molar-refractivity contribution in [3.63, 3.8) is 0 Å². The van der Waals surface area contributed by atoms with Crippen LogP contribution in [0.2, 0.25) is 0 Å². The number of anilines is 2. The molecule has 1 atom stereocenters. The molecule has 1 aliphatic heterocycles. The minimum Gasteiger partial charge on any atom is -0.407 e. The predicted molar refractivity (Wildman–Crippen MR) is 88.5 cm³/mol. The number of para-hydroxylation sites is 1. The van der Waals surface area contributed by atoms with Gasteiger partial charge in [-0.3, -0.25) is 14.9 Å². The lowest BCUT2D eigenvalue weighted by Crippen LogP contribution is -2.27. The van der Waals surface area contributed by atoms with Crippen LogP contribution in [0.4, 0.5) is 11.7 Å². The molecule has 1 fully saturated rings. The lowest BCUT2D eigenvalue weighted by Gasteiger charge is -2.16. The van der Waals surface area contributed by atoms with Gasteiger partial charge in [-0.25, -0.2) is 0 Å². The Kier molecular flexibility index (Phi) is 4.09. The normalized spacial score (nSPS) is 18.0. The highest BCUT2D eigenvalue weighted by molar-refractivity contribution is 5.96. The predicted octanol–water partition coefficient (Wildman–Crippen LogP) is 2.57. The number of amides is 2. The van der Waals surface area contributed by atoms with Gasteiger partial charge in [-0.2, -0.15) is 0 Å². The van der Waals surface area contributed by atoms with Crippen molar-refractivity contribution in [2.75, 3.05) is 16.8 Å². The number of nitrogens with one attached hydrogen (secondary N) is 1. The molecule has 0 saturated carbocycles. The fraction of sp³-hybridized carbons (Fsp3) is 0.412. The molecule has 126 valence electrons. The molecule has 1 aromatic carbocycles. The number of hydrogen-bond acceptors (Lipinski definition) is 5. The minimum atomic E-state index is -0.554. The third-order valence-corrected chi connectivity index (χ3v) is 3.88. The van der Waals surface area contributed by atoms with Gasteiger partial charge in [0.15, 0.2) is 0 Å². The number of nitrogens with zero attached hydrogens (tertiary/aromatic N) is 3. The molecule has 0 bridgehead atoms. The van der Waals surface area contributed by atoms with E-state index < -0.39 is 5.41 Å². The Hall–Kier alpha value is -2.70. The fourth-order valence-electron chi connectivity index (χ4n) is 2.47. The highest BCUT2D eigenvalue weighted by Gasteiger charge is 2.35. The van der Waals surface area contributed by atoms with E-state index in [9.17, 15) is 9.59 Å². The average Bonchev–Trinajstić information content (AvgIpc) is 3.14. The minimum absolute atomic E-state index is 0.0182. The molecule has 24 heavy (non-hydrogen) atoms. The van der Waals surface area contributed by atoms with E-state index in [4.69, 9.17) is 4.42 Å². The van der Waals surface area contributed by atoms with E-state index >= 15 is 0 Å². The molecule has 7 nitrogen and oxygen atoms in total. The van der Waals surface area contributed by atoms with Gasteiger partial charge in [0, 0.05) is 24.1 Å². The molecule has 0 unspecified atom stereocenters. The molecule has 2 heterocycles. The van der Waals surface area contributed by atoms with Gasteiger partial charge in [0.2, 0.25) is 17.7 Å². The Morgan fingerprint density at radius 3 is 2.62 bits per heavy atom. The molecule has 1 aliphatic rings. The molecule has 7 heteroatoms. The maximum absolute atomic E-state index is 12.2. The Morgan fingerprint density at radius 1 is 1.25 bits per heavy atom. The van der Waals surface area contributed by atoms with Crippen molar-refractivity contribution < 1.29 is 14.0 Å². The van der Waals surface area contributed by atoms with Crippen molar-refractivity contribution >= 4 is 23.5 Å². The summed E-state index contributed by atoms with van der Waals surface area (Å²) in [7, 11) is 0. The molecule has 2 amide bonds. The summed E-state index contributed by atoms with van der Waals surface area (Å²) in [5.41, 5.74) is 0.299. The van der Waals surface area contributed by atoms with Crippen molar-refractivity contribution in [1.29, 1.82) is 0 Å². The van der Waals surface area contributed by atoms with E-state index in [0.29, 0.717) is 18.9 Å². The van der Waals surface area contributed by atoms with E-state index in [2.05, 4.69) is 15.5 Å². The van der Waals surface area contributed by atoms with Gasteiger partial charge in [-0.15, -0.1) is 5.10 Å². The second-order valence-corrected chi connectivity index (χ2v) is 6.89. The Bertz CT molecular complexity index is 749. The summed E-state index contributed by atoms with van der Waals surface area (Å²) in [6.07, 6.45) is 0.309. The third-order valence-electron chi connectivity index (χ3n) is 3.88. The van der Waals surface area contributed by atoms with Crippen LogP contribution in [0, 0.1) is 5.41 Å². The molecule has 1 aromatic heterocycles. The van der Waals surface area contributed by atoms with Crippen LogP contribution in [0.1, 0.15) is 39.0 Å². The van der Waals surface area contributed by atoms with E-state index in [1.807, 2.05) is 30.3 Å². The van der Waals surface area contributed by atoms with Gasteiger partial charge < -0.3 is 9.32 Å². The van der Waals surface area contributed by atoms with Crippen LogP contribution in [0.25, 0.3) is 0 Å². The summed E-state index contributed by atoms with van der Waals surface area (Å²) < 4.78 is 5.53. The zero-order valence-electron chi connectivity index (χ0n) is 13.9. The van der Waals surface area contributed by atoms with Gasteiger partial charge in [-0.05, 0) is 12.1 Å². The molecule has 3 rings (SSSR count). The van der Waals surface area contributed by atoms with Crippen LogP contribution in [0.3, 0.4) is 0 Å². The van der Waals surface area contributed by atoms with E-state index in [1.165, 1.54) is 0 Å². The number of rotatable bonds is 3. The van der Waals surface area contributed by atoms with Gasteiger partial charge in [0.25, 0.3) is 0 Å². The first-order chi connectivity index (χ1) is 11.3. The second-order valence-electron chi connectivity index (χ2n) is 6.89. The maximum Gasteiger partial charge on any atom is 0.322 e. The first-order valence-electron chi connectivity index (χ1n) is 7.85. The number of benzene rings is 1. The van der Waals surface area contributed by atoms with Gasteiger partial charge in [-0.1, -0.05) is 44.1 Å². The number of carbonyl (C=O) groups excluding carboxylic acids is 2. The summed E-state index contributed by atoms with van der Waals surface area (Å²) in [6, 6.07) is 9.54. The van der Waals surface area contributed by atoms with E-state index in [1.54, 1.807) is 25.7 Å². The van der Waals surface area contributed by atoms with Crippen molar-refractivity contribution in [2.45, 2.75) is 33.1 Å². The smallest absolute Gasteiger partial charge is 0.322 e. The van der Waals surface area contributed by atoms with Crippen LogP contribution < -0.4 is 10.2 Å². The van der Waals surface area contributed by atoms with E-state index in [0.717, 1.165) is 5.69 Å². The molecule has 0 spiro atoms. The van der Waals surface area contributed by atoms with Crippen molar-refractivity contribution in [3.05, 3.63) is 36.2 Å². The summed E-state index contributed by atoms with van der Waals surface area (Å²) in [4.78, 5) is 25.9. The van der Waals surface area contributed by atoms with Gasteiger partial charge >= 0.3 is 6.01 Å². The fourth-order valence-corrected chi connectivity index (χ4v) is 2.47. The quantitative estimate of drug-likeness (QED) is 0.935. The summed E-state index contributed by atoms with van der Waals surface area (Å²) in [5, 5.41) is 10.4. The SMILES string of the molecule is CC(C)(C)C(=O)Nc1nnc([C@@H]2CC(=O)N(c3ccccc3)C2)o1. The number of carbonyl (C=O) groups is 2. The largest absolute Gasteiger partial charge is 0.407 e. The molecular weight excluding hydrogens is 308 g/mol. The maximum atomic E-state index is 12.2. The van der Waals surface area contributed by atoms with E-state index in [-0.39, 0.29) is 23.7 Å². The zero-order valence-corrected chi connectivity index (χ0v) is 13.9.